The molecule has 0 unspecified atom stereocenters. The van der Waals surface area contributed by atoms with Gasteiger partial charge in [-0.15, -0.1) is 6.58 Å². The minimum atomic E-state index is -1.09. The van der Waals surface area contributed by atoms with E-state index in [0.717, 1.165) is 6.42 Å². The fourth-order valence-electron chi connectivity index (χ4n) is 1.61. The first-order valence-corrected chi connectivity index (χ1v) is 5.39. The third-order valence-electron chi connectivity index (χ3n) is 2.37. The summed E-state index contributed by atoms with van der Waals surface area (Å²) in [5.74, 6) is -2.06. The van der Waals surface area contributed by atoms with E-state index < -0.39 is 11.6 Å². The summed E-state index contributed by atoms with van der Waals surface area (Å²) in [7, 11) is 0. The standard InChI is InChI=1S/C13H14F2N2/c1-3-7-17(8-4-2)11-6-5-10(9-16)12(14)13(11)15/h3,5-6H,1,4,7-8H2,2H3. The van der Waals surface area contributed by atoms with Crippen molar-refractivity contribution in [1.29, 1.82) is 5.26 Å². The molecule has 1 aromatic carbocycles. The summed E-state index contributed by atoms with van der Waals surface area (Å²) in [4.78, 5) is 1.69. The predicted octanol–water partition coefficient (Wildman–Crippen LogP) is 3.24. The molecule has 0 spiro atoms. The largest absolute Gasteiger partial charge is 0.365 e. The zero-order valence-electron chi connectivity index (χ0n) is 9.71. The molecule has 4 heteroatoms. The molecule has 0 bridgehead atoms. The molecular weight excluding hydrogens is 222 g/mol. The van der Waals surface area contributed by atoms with Crippen LogP contribution in [0.5, 0.6) is 0 Å². The van der Waals surface area contributed by atoms with Gasteiger partial charge in [0.2, 0.25) is 0 Å². The molecule has 0 aliphatic carbocycles. The zero-order chi connectivity index (χ0) is 12.8. The molecule has 0 amide bonds. The first-order chi connectivity index (χ1) is 8.15. The van der Waals surface area contributed by atoms with E-state index in [2.05, 4.69) is 6.58 Å². The Morgan fingerprint density at radius 3 is 2.65 bits per heavy atom. The Kier molecular flexibility index (Phi) is 4.65. The van der Waals surface area contributed by atoms with Gasteiger partial charge in [-0.25, -0.2) is 8.78 Å². The Hall–Kier alpha value is -1.89. The minimum Gasteiger partial charge on any atom is -0.365 e. The number of hydrogen-bond acceptors (Lipinski definition) is 2. The van der Waals surface area contributed by atoms with Crippen molar-refractivity contribution in [2.45, 2.75) is 13.3 Å². The fourth-order valence-corrected chi connectivity index (χ4v) is 1.61. The SMILES string of the molecule is C=CCN(CCC)c1ccc(C#N)c(F)c1F. The molecule has 2 nitrogen and oxygen atoms in total. The van der Waals surface area contributed by atoms with E-state index in [9.17, 15) is 8.78 Å². The quantitative estimate of drug-likeness (QED) is 0.734. The van der Waals surface area contributed by atoms with Crippen LogP contribution in [0.25, 0.3) is 0 Å². The van der Waals surface area contributed by atoms with Crippen molar-refractivity contribution in [3.05, 3.63) is 42.0 Å². The Labute approximate surface area is 99.8 Å². The summed E-state index contributed by atoms with van der Waals surface area (Å²) in [6.07, 6.45) is 2.44. The predicted molar refractivity (Wildman–Crippen MR) is 63.8 cm³/mol. The van der Waals surface area contributed by atoms with Crippen molar-refractivity contribution in [2.75, 3.05) is 18.0 Å². The Morgan fingerprint density at radius 1 is 1.41 bits per heavy atom. The number of hydrogen-bond donors (Lipinski definition) is 0. The van der Waals surface area contributed by atoms with Crippen LogP contribution in [0.4, 0.5) is 14.5 Å². The van der Waals surface area contributed by atoms with Gasteiger partial charge in [0.05, 0.1) is 11.3 Å². The maximum atomic E-state index is 13.7. The van der Waals surface area contributed by atoms with Crippen LogP contribution < -0.4 is 4.90 Å². The van der Waals surface area contributed by atoms with Gasteiger partial charge in [-0.1, -0.05) is 13.0 Å². The smallest absolute Gasteiger partial charge is 0.183 e. The lowest BCUT2D eigenvalue weighted by Gasteiger charge is -2.23. The number of benzene rings is 1. The molecule has 0 saturated carbocycles. The van der Waals surface area contributed by atoms with Gasteiger partial charge in [-0.05, 0) is 18.6 Å². The molecule has 0 aromatic heterocycles. The van der Waals surface area contributed by atoms with E-state index in [4.69, 9.17) is 5.26 Å². The van der Waals surface area contributed by atoms with Crippen LogP contribution in [0.15, 0.2) is 24.8 Å². The van der Waals surface area contributed by atoms with E-state index in [1.165, 1.54) is 12.1 Å². The normalized spacial score (nSPS) is 9.76. The second-order valence-corrected chi connectivity index (χ2v) is 3.61. The number of halogens is 2. The van der Waals surface area contributed by atoms with Crippen molar-refractivity contribution in [3.63, 3.8) is 0 Å². The van der Waals surface area contributed by atoms with E-state index in [1.54, 1.807) is 17.0 Å². The van der Waals surface area contributed by atoms with Crippen molar-refractivity contribution in [3.8, 4) is 6.07 Å². The first-order valence-electron chi connectivity index (χ1n) is 5.39. The van der Waals surface area contributed by atoms with Gasteiger partial charge in [0, 0.05) is 13.1 Å². The highest BCUT2D eigenvalue weighted by Gasteiger charge is 2.16. The van der Waals surface area contributed by atoms with Crippen LogP contribution in [0.3, 0.4) is 0 Å². The molecule has 1 aromatic rings. The Bertz CT molecular complexity index is 449. The summed E-state index contributed by atoms with van der Waals surface area (Å²) >= 11 is 0. The molecule has 0 aliphatic heterocycles. The molecule has 0 heterocycles. The van der Waals surface area contributed by atoms with E-state index in [0.29, 0.717) is 13.1 Å². The lowest BCUT2D eigenvalue weighted by atomic mass is 10.1. The molecule has 17 heavy (non-hydrogen) atoms. The van der Waals surface area contributed by atoms with Crippen LogP contribution in [-0.4, -0.2) is 13.1 Å². The molecule has 0 N–H and O–H groups in total. The topological polar surface area (TPSA) is 27.0 Å². The Morgan fingerprint density at radius 2 is 2.12 bits per heavy atom. The number of rotatable bonds is 5. The van der Waals surface area contributed by atoms with Gasteiger partial charge < -0.3 is 4.90 Å². The van der Waals surface area contributed by atoms with E-state index in [1.807, 2.05) is 6.92 Å². The maximum Gasteiger partial charge on any atom is 0.183 e. The van der Waals surface area contributed by atoms with Crippen molar-refractivity contribution < 1.29 is 8.78 Å². The Balaban J connectivity index is 3.16. The number of nitrogens with zero attached hydrogens (tertiary/aromatic N) is 2. The van der Waals surface area contributed by atoms with Crippen molar-refractivity contribution in [1.82, 2.24) is 0 Å². The number of nitriles is 1. The fraction of sp³-hybridized carbons (Fsp3) is 0.308. The van der Waals surface area contributed by atoms with E-state index >= 15 is 0 Å². The molecular formula is C13H14F2N2. The molecule has 0 radical (unpaired) electrons. The highest BCUT2D eigenvalue weighted by atomic mass is 19.2. The third kappa shape index (κ3) is 2.82. The zero-order valence-corrected chi connectivity index (χ0v) is 9.71. The summed E-state index contributed by atoms with van der Waals surface area (Å²) in [5.41, 5.74) is -0.107. The second kappa shape index (κ2) is 6.00. The minimum absolute atomic E-state index is 0.170. The third-order valence-corrected chi connectivity index (χ3v) is 2.37. The van der Waals surface area contributed by atoms with Gasteiger partial charge >= 0.3 is 0 Å². The molecule has 0 saturated heterocycles. The molecule has 1 rings (SSSR count). The van der Waals surface area contributed by atoms with Crippen LogP contribution in [0.1, 0.15) is 18.9 Å². The molecule has 0 fully saturated rings. The number of anilines is 1. The van der Waals surface area contributed by atoms with E-state index in [-0.39, 0.29) is 11.3 Å². The summed E-state index contributed by atoms with van der Waals surface area (Å²) in [6, 6.07) is 4.33. The van der Waals surface area contributed by atoms with Gasteiger partial charge in [0.1, 0.15) is 6.07 Å². The average molecular weight is 236 g/mol. The molecule has 90 valence electrons. The van der Waals surface area contributed by atoms with Crippen molar-refractivity contribution >= 4 is 5.69 Å². The van der Waals surface area contributed by atoms with Crippen LogP contribution in [0, 0.1) is 23.0 Å². The van der Waals surface area contributed by atoms with Crippen LogP contribution in [-0.2, 0) is 0 Å². The van der Waals surface area contributed by atoms with Crippen molar-refractivity contribution in [2.24, 2.45) is 0 Å². The summed E-state index contributed by atoms with van der Waals surface area (Å²) in [6.45, 7) is 6.58. The van der Waals surface area contributed by atoms with Gasteiger partial charge in [-0.3, -0.25) is 0 Å². The maximum absolute atomic E-state index is 13.7. The van der Waals surface area contributed by atoms with Gasteiger partial charge in [0.25, 0.3) is 0 Å². The lowest BCUT2D eigenvalue weighted by Crippen LogP contribution is -2.25. The van der Waals surface area contributed by atoms with Gasteiger partial charge in [0.15, 0.2) is 11.6 Å². The monoisotopic (exact) mass is 236 g/mol. The highest BCUT2D eigenvalue weighted by Crippen LogP contribution is 2.24. The average Bonchev–Trinajstić information content (AvgIpc) is 2.32. The molecule has 0 aliphatic rings. The summed E-state index contributed by atoms with van der Waals surface area (Å²) < 4.78 is 27.2. The van der Waals surface area contributed by atoms with Crippen LogP contribution >= 0.6 is 0 Å². The lowest BCUT2D eigenvalue weighted by molar-refractivity contribution is 0.504. The highest BCUT2D eigenvalue weighted by molar-refractivity contribution is 5.52. The molecule has 0 atom stereocenters. The second-order valence-electron chi connectivity index (χ2n) is 3.61. The van der Waals surface area contributed by atoms with Crippen LogP contribution in [0.2, 0.25) is 0 Å². The summed E-state index contributed by atoms with van der Waals surface area (Å²) in [5, 5.41) is 8.59. The first kappa shape index (κ1) is 13.2. The van der Waals surface area contributed by atoms with Gasteiger partial charge in [-0.2, -0.15) is 5.26 Å².